The Morgan fingerprint density at radius 2 is 2.22 bits per heavy atom. The molecule has 3 aromatic rings. The van der Waals surface area contributed by atoms with E-state index in [0.29, 0.717) is 29.4 Å². The largest absolute Gasteiger partial charge is 0.462 e. The van der Waals surface area contributed by atoms with E-state index in [1.807, 2.05) is 13.1 Å². The van der Waals surface area contributed by atoms with Crippen LogP contribution in [0.2, 0.25) is 0 Å². The number of fused-ring (bicyclic) bond motifs is 2. The predicted molar refractivity (Wildman–Crippen MR) is 122 cm³/mol. The molecular formula is C23H23BrN4O4. The molecule has 3 heterocycles. The van der Waals surface area contributed by atoms with Gasteiger partial charge in [-0.25, -0.2) is 4.79 Å². The number of benzene rings is 1. The minimum atomic E-state index is -0.714. The zero-order chi connectivity index (χ0) is 22.5. The molecule has 2 aromatic heterocycles. The SMILES string of the molecule is CO[C@]12C[C@@H](COC(=O)c3cncc(Br)c3)CN(N=O)[C@@H]1Cc1cn(C)c3cccc2c13. The number of hydrogen-bond acceptors (Lipinski definition) is 6. The Labute approximate surface area is 193 Å². The first-order valence-electron chi connectivity index (χ1n) is 10.5. The molecule has 1 aliphatic heterocycles. The van der Waals surface area contributed by atoms with Crippen molar-refractivity contribution in [3.63, 3.8) is 0 Å². The number of halogens is 1. The molecule has 0 bridgehead atoms. The molecule has 5 rings (SSSR count). The number of rotatable bonds is 5. The van der Waals surface area contributed by atoms with Gasteiger partial charge >= 0.3 is 5.97 Å². The summed E-state index contributed by atoms with van der Waals surface area (Å²) in [5, 5.41) is 6.10. The molecule has 166 valence electrons. The van der Waals surface area contributed by atoms with Crippen LogP contribution in [-0.4, -0.2) is 46.8 Å². The second-order valence-electron chi connectivity index (χ2n) is 8.54. The fourth-order valence-electron chi connectivity index (χ4n) is 5.41. The molecule has 0 spiro atoms. The fourth-order valence-corrected chi connectivity index (χ4v) is 5.77. The van der Waals surface area contributed by atoms with Crippen molar-refractivity contribution in [2.45, 2.75) is 24.5 Å². The third kappa shape index (κ3) is 3.22. The predicted octanol–water partition coefficient (Wildman–Crippen LogP) is 3.96. The number of piperidine rings is 1. The van der Waals surface area contributed by atoms with Crippen molar-refractivity contribution in [2.24, 2.45) is 18.3 Å². The zero-order valence-electron chi connectivity index (χ0n) is 17.8. The highest BCUT2D eigenvalue weighted by Crippen LogP contribution is 2.50. The third-order valence-electron chi connectivity index (χ3n) is 6.76. The quantitative estimate of drug-likeness (QED) is 0.390. The third-order valence-corrected chi connectivity index (χ3v) is 7.19. The van der Waals surface area contributed by atoms with Gasteiger partial charge in [-0.05, 0) is 52.0 Å². The van der Waals surface area contributed by atoms with E-state index in [2.05, 4.69) is 49.1 Å². The second-order valence-corrected chi connectivity index (χ2v) is 9.46. The molecule has 32 heavy (non-hydrogen) atoms. The smallest absolute Gasteiger partial charge is 0.339 e. The molecule has 1 fully saturated rings. The highest BCUT2D eigenvalue weighted by Gasteiger charge is 2.53. The molecule has 0 N–H and O–H groups in total. The first-order valence-corrected chi connectivity index (χ1v) is 11.3. The standard InChI is InChI=1S/C23H23BrN4O4/c1-27-12-16-7-20-23(31-2,18-4-3-5-19(27)21(16)18)8-14(11-28(20)26-30)13-32-22(29)15-6-17(24)10-25-9-15/h3-6,9-10,12,14,20H,7-8,11,13H2,1-2H3/t14-,20-,23+/m1/s1. The summed E-state index contributed by atoms with van der Waals surface area (Å²) in [6.07, 6.45) is 6.49. The molecule has 0 amide bonds. The molecule has 0 saturated carbocycles. The van der Waals surface area contributed by atoms with E-state index < -0.39 is 11.6 Å². The van der Waals surface area contributed by atoms with Crippen molar-refractivity contribution in [1.82, 2.24) is 14.6 Å². The maximum Gasteiger partial charge on any atom is 0.339 e. The molecule has 3 atom stereocenters. The van der Waals surface area contributed by atoms with Gasteiger partial charge in [-0.3, -0.25) is 9.99 Å². The molecule has 8 nitrogen and oxygen atoms in total. The molecule has 2 aliphatic rings. The van der Waals surface area contributed by atoms with Gasteiger partial charge in [0.2, 0.25) is 0 Å². The lowest BCUT2D eigenvalue weighted by atomic mass is 9.69. The molecule has 0 unspecified atom stereocenters. The van der Waals surface area contributed by atoms with Crippen LogP contribution in [0.3, 0.4) is 0 Å². The molecule has 9 heteroatoms. The van der Waals surface area contributed by atoms with Gasteiger partial charge in [0.25, 0.3) is 0 Å². The minimum Gasteiger partial charge on any atom is -0.462 e. The van der Waals surface area contributed by atoms with E-state index in [0.717, 1.165) is 11.1 Å². The van der Waals surface area contributed by atoms with Gasteiger partial charge in [-0.1, -0.05) is 12.1 Å². The normalized spacial score (nSPS) is 24.3. The lowest BCUT2D eigenvalue weighted by Crippen LogP contribution is -2.59. The van der Waals surface area contributed by atoms with Gasteiger partial charge in [-0.15, -0.1) is 4.91 Å². The van der Waals surface area contributed by atoms with E-state index in [1.54, 1.807) is 24.4 Å². The Balaban J connectivity index is 1.46. The number of hydrogen-bond donors (Lipinski definition) is 0. The topological polar surface area (TPSA) is 86.0 Å². The summed E-state index contributed by atoms with van der Waals surface area (Å²) < 4.78 is 14.6. The summed E-state index contributed by atoms with van der Waals surface area (Å²) in [6.45, 7) is 0.564. The van der Waals surface area contributed by atoms with Crippen LogP contribution in [0.1, 0.15) is 27.9 Å². The molecular weight excluding hydrogens is 476 g/mol. The maximum atomic E-state index is 12.5. The molecule has 0 radical (unpaired) electrons. The van der Waals surface area contributed by atoms with E-state index in [-0.39, 0.29) is 18.6 Å². The summed E-state index contributed by atoms with van der Waals surface area (Å²) >= 11 is 3.32. The number of nitrogens with zero attached hydrogens (tertiary/aromatic N) is 4. The Bertz CT molecular complexity index is 1210. The summed E-state index contributed by atoms with van der Waals surface area (Å²) in [7, 11) is 3.71. The van der Waals surface area contributed by atoms with Crippen LogP contribution >= 0.6 is 15.9 Å². The average molecular weight is 499 g/mol. The van der Waals surface area contributed by atoms with Crippen LogP contribution in [-0.2, 0) is 28.5 Å². The van der Waals surface area contributed by atoms with E-state index in [4.69, 9.17) is 9.47 Å². The van der Waals surface area contributed by atoms with E-state index in [9.17, 15) is 9.70 Å². The Hall–Kier alpha value is -2.78. The number of esters is 1. The Morgan fingerprint density at radius 3 is 2.97 bits per heavy atom. The molecule has 1 saturated heterocycles. The summed E-state index contributed by atoms with van der Waals surface area (Å²) in [6, 6.07) is 7.64. The number of pyridine rings is 1. The van der Waals surface area contributed by atoms with Crippen molar-refractivity contribution in [3.8, 4) is 0 Å². The fraction of sp³-hybridized carbons (Fsp3) is 0.391. The maximum absolute atomic E-state index is 12.5. The van der Waals surface area contributed by atoms with Crippen molar-refractivity contribution >= 4 is 32.8 Å². The lowest BCUT2D eigenvalue weighted by Gasteiger charge is -2.51. The molecule has 1 aromatic carbocycles. The van der Waals surface area contributed by atoms with Crippen molar-refractivity contribution in [1.29, 1.82) is 0 Å². The zero-order valence-corrected chi connectivity index (χ0v) is 19.4. The van der Waals surface area contributed by atoms with Crippen LogP contribution in [0.5, 0.6) is 0 Å². The average Bonchev–Trinajstić information content (AvgIpc) is 3.13. The van der Waals surface area contributed by atoms with Gasteiger partial charge < -0.3 is 14.0 Å². The number of ether oxygens (including phenoxy) is 2. The van der Waals surface area contributed by atoms with Crippen molar-refractivity contribution in [2.75, 3.05) is 20.3 Å². The van der Waals surface area contributed by atoms with Crippen LogP contribution in [0.15, 0.2) is 52.6 Å². The number of aromatic nitrogens is 2. The highest BCUT2D eigenvalue weighted by atomic mass is 79.9. The van der Waals surface area contributed by atoms with E-state index in [1.165, 1.54) is 17.1 Å². The van der Waals surface area contributed by atoms with Gasteiger partial charge in [0.15, 0.2) is 0 Å². The monoisotopic (exact) mass is 498 g/mol. The van der Waals surface area contributed by atoms with Gasteiger partial charge in [0, 0.05) is 60.6 Å². The molecule has 1 aliphatic carbocycles. The number of carbonyl (C=O) groups is 1. The second kappa shape index (κ2) is 7.97. The number of nitroso groups, excluding NO2 is 1. The highest BCUT2D eigenvalue weighted by molar-refractivity contribution is 9.10. The van der Waals surface area contributed by atoms with Crippen LogP contribution in [0.4, 0.5) is 0 Å². The summed E-state index contributed by atoms with van der Waals surface area (Å²) in [5.74, 6) is -0.567. The van der Waals surface area contributed by atoms with E-state index >= 15 is 0 Å². The minimum absolute atomic E-state index is 0.117. The van der Waals surface area contributed by atoms with Gasteiger partial charge in [-0.2, -0.15) is 0 Å². The summed E-state index contributed by atoms with van der Waals surface area (Å²) in [4.78, 5) is 28.4. The van der Waals surface area contributed by atoms with Gasteiger partial charge in [0.05, 0.1) is 23.5 Å². The van der Waals surface area contributed by atoms with Crippen molar-refractivity contribution in [3.05, 3.63) is 68.9 Å². The number of aryl methyl sites for hydroxylation is 1. The number of methoxy groups -OCH3 is 1. The Kier molecular flexibility index (Phi) is 5.25. The first kappa shape index (κ1) is 21.1. The van der Waals surface area contributed by atoms with Crippen LogP contribution < -0.4 is 0 Å². The van der Waals surface area contributed by atoms with Crippen molar-refractivity contribution < 1.29 is 14.3 Å². The summed E-state index contributed by atoms with van der Waals surface area (Å²) in [5.41, 5.74) is 3.04. The number of carbonyl (C=O) groups excluding carboxylic acids is 1. The van der Waals surface area contributed by atoms with Crippen LogP contribution in [0.25, 0.3) is 10.9 Å². The first-order chi connectivity index (χ1) is 15.5. The lowest BCUT2D eigenvalue weighted by molar-refractivity contribution is -0.138. The Morgan fingerprint density at radius 1 is 1.38 bits per heavy atom. The van der Waals surface area contributed by atoms with Gasteiger partial charge in [0.1, 0.15) is 5.60 Å². The van der Waals surface area contributed by atoms with Crippen LogP contribution in [0, 0.1) is 10.8 Å².